The summed E-state index contributed by atoms with van der Waals surface area (Å²) in [6.07, 6.45) is 2.38. The molecule has 1 aliphatic heterocycles. The fourth-order valence-electron chi connectivity index (χ4n) is 7.06. The van der Waals surface area contributed by atoms with Crippen LogP contribution >= 0.6 is 0 Å². The van der Waals surface area contributed by atoms with E-state index in [0.717, 1.165) is 31.4 Å². The summed E-state index contributed by atoms with van der Waals surface area (Å²) in [5.74, 6) is -1.56. The molecule has 49 heavy (non-hydrogen) atoms. The molecular formula is C38H64N4O7. The Kier molecular flexibility index (Phi) is 17.2. The fourth-order valence-corrected chi connectivity index (χ4v) is 7.06. The van der Waals surface area contributed by atoms with Gasteiger partial charge in [-0.1, -0.05) is 78.3 Å². The largest absolute Gasteiger partial charge is 0.467 e. The predicted molar refractivity (Wildman–Crippen MR) is 192 cm³/mol. The van der Waals surface area contributed by atoms with Gasteiger partial charge in [-0.2, -0.15) is 0 Å². The zero-order valence-electron chi connectivity index (χ0n) is 31.9. The first-order valence-corrected chi connectivity index (χ1v) is 18.0. The average molecular weight is 689 g/mol. The van der Waals surface area contributed by atoms with E-state index >= 15 is 0 Å². The van der Waals surface area contributed by atoms with Crippen LogP contribution in [0, 0.1) is 17.8 Å². The summed E-state index contributed by atoms with van der Waals surface area (Å²) in [7, 11) is 6.27. The van der Waals surface area contributed by atoms with Crippen molar-refractivity contribution in [1.29, 1.82) is 0 Å². The number of likely N-dealkylation sites (tertiary alicyclic amines) is 1. The first-order chi connectivity index (χ1) is 23.2. The van der Waals surface area contributed by atoms with Crippen molar-refractivity contribution in [1.82, 2.24) is 20.4 Å². The Morgan fingerprint density at radius 3 is 2.20 bits per heavy atom. The second kappa shape index (κ2) is 20.0. The fraction of sp³-hybridized carbons (Fsp3) is 0.737. The normalized spacial score (nSPS) is 19.7. The molecule has 8 atom stereocenters. The van der Waals surface area contributed by atoms with Crippen molar-refractivity contribution >= 4 is 23.7 Å². The molecule has 278 valence electrons. The van der Waals surface area contributed by atoms with Crippen LogP contribution in [0.3, 0.4) is 0 Å². The van der Waals surface area contributed by atoms with Crippen LogP contribution < -0.4 is 10.6 Å². The van der Waals surface area contributed by atoms with Gasteiger partial charge in [0.15, 0.2) is 0 Å². The van der Waals surface area contributed by atoms with E-state index in [4.69, 9.17) is 14.2 Å². The highest BCUT2D eigenvalue weighted by molar-refractivity contribution is 5.87. The van der Waals surface area contributed by atoms with Crippen LogP contribution in [0.1, 0.15) is 86.1 Å². The van der Waals surface area contributed by atoms with Gasteiger partial charge in [-0.05, 0) is 50.1 Å². The van der Waals surface area contributed by atoms with Crippen molar-refractivity contribution in [3.05, 3.63) is 35.9 Å². The number of hydrogen-bond donors (Lipinski definition) is 2. The molecule has 2 N–H and O–H groups in total. The molecule has 1 fully saturated rings. The average Bonchev–Trinajstić information content (AvgIpc) is 3.59. The summed E-state index contributed by atoms with van der Waals surface area (Å²) in [5, 5.41) is 6.35. The van der Waals surface area contributed by atoms with Crippen LogP contribution in [0.25, 0.3) is 0 Å². The maximum absolute atomic E-state index is 14.1. The molecule has 0 aromatic heterocycles. The van der Waals surface area contributed by atoms with Crippen molar-refractivity contribution in [3.8, 4) is 0 Å². The van der Waals surface area contributed by atoms with E-state index in [0.29, 0.717) is 13.0 Å². The monoisotopic (exact) mass is 688 g/mol. The van der Waals surface area contributed by atoms with E-state index in [2.05, 4.69) is 31.4 Å². The molecule has 11 nitrogen and oxygen atoms in total. The molecule has 0 spiro atoms. The molecule has 0 radical (unpaired) electrons. The maximum atomic E-state index is 14.1. The lowest BCUT2D eigenvalue weighted by molar-refractivity contribution is -0.150. The molecule has 11 heteroatoms. The third-order valence-electron chi connectivity index (χ3n) is 10.7. The SMILES string of the molecule is CCCN[C@](C)(C(=O)N(C)[C@@H]([C@@H](C)CC)[C@@H](CC(=O)N1CCC[C@H]1[C@H](OC)[C@@H](C)C(=O)N[C@@H](Cc1ccccc1)C(=O)OC)OC)C(C)C. The predicted octanol–water partition coefficient (Wildman–Crippen LogP) is 4.22. The first kappa shape index (κ1) is 42.1. The van der Waals surface area contributed by atoms with E-state index in [1.165, 1.54) is 7.11 Å². The zero-order chi connectivity index (χ0) is 36.9. The summed E-state index contributed by atoms with van der Waals surface area (Å²) in [5.41, 5.74) is 0.123. The highest BCUT2D eigenvalue weighted by atomic mass is 16.5. The number of carbonyl (C=O) groups is 4. The minimum absolute atomic E-state index is 0.0217. The second-order valence-electron chi connectivity index (χ2n) is 14.1. The van der Waals surface area contributed by atoms with Gasteiger partial charge in [-0.25, -0.2) is 4.79 Å². The van der Waals surface area contributed by atoms with Gasteiger partial charge in [0, 0.05) is 34.2 Å². The van der Waals surface area contributed by atoms with E-state index in [-0.39, 0.29) is 54.5 Å². The number of carbonyl (C=O) groups excluding carboxylic acids is 4. The highest BCUT2D eigenvalue weighted by Gasteiger charge is 2.45. The Morgan fingerprint density at radius 1 is 1.02 bits per heavy atom. The summed E-state index contributed by atoms with van der Waals surface area (Å²) in [6, 6.07) is 7.89. The lowest BCUT2D eigenvalue weighted by Gasteiger charge is -2.44. The lowest BCUT2D eigenvalue weighted by atomic mass is 9.84. The molecule has 1 aromatic rings. The minimum atomic E-state index is -0.865. The van der Waals surface area contributed by atoms with Gasteiger partial charge in [0.05, 0.1) is 49.3 Å². The molecule has 1 saturated heterocycles. The van der Waals surface area contributed by atoms with Crippen LogP contribution in [0.15, 0.2) is 30.3 Å². The lowest BCUT2D eigenvalue weighted by Crippen LogP contribution is -2.63. The van der Waals surface area contributed by atoms with Gasteiger partial charge >= 0.3 is 5.97 Å². The molecule has 0 unspecified atom stereocenters. The van der Waals surface area contributed by atoms with Crippen molar-refractivity contribution in [2.45, 2.75) is 123 Å². The van der Waals surface area contributed by atoms with Crippen molar-refractivity contribution < 1.29 is 33.4 Å². The number of esters is 1. The van der Waals surface area contributed by atoms with Gasteiger partial charge in [-0.15, -0.1) is 0 Å². The number of rotatable bonds is 20. The standard InChI is InChI=1S/C38H64N4O7/c1-12-21-39-38(7,25(3)4)37(46)41(8)33(26(5)13-2)31(47-9)24-32(43)42-22-17-20-30(42)34(48-10)27(6)35(44)40-29(36(45)49-11)23-28-18-15-14-16-19-28/h14-16,18-19,25-27,29-31,33-34,39H,12-13,17,20-24H2,1-11H3,(H,40,44)/t26-,27+,29-,30-,31+,33-,34+,38-/m0/s1. The van der Waals surface area contributed by atoms with Gasteiger partial charge in [0.25, 0.3) is 0 Å². The van der Waals surface area contributed by atoms with Crippen LogP contribution in [-0.2, 0) is 39.8 Å². The number of likely N-dealkylation sites (N-methyl/N-ethyl adjacent to an activating group) is 1. The summed E-state index contributed by atoms with van der Waals surface area (Å²) in [6.45, 7) is 15.3. The molecule has 1 heterocycles. The minimum Gasteiger partial charge on any atom is -0.467 e. The van der Waals surface area contributed by atoms with Crippen LogP contribution in [0.5, 0.6) is 0 Å². The molecule has 1 aliphatic rings. The zero-order valence-corrected chi connectivity index (χ0v) is 31.9. The molecule has 0 bridgehead atoms. The topological polar surface area (TPSA) is 127 Å². The van der Waals surface area contributed by atoms with Crippen molar-refractivity contribution in [3.63, 3.8) is 0 Å². The third-order valence-corrected chi connectivity index (χ3v) is 10.7. The first-order valence-electron chi connectivity index (χ1n) is 18.0. The van der Waals surface area contributed by atoms with E-state index < -0.39 is 35.7 Å². The summed E-state index contributed by atoms with van der Waals surface area (Å²) in [4.78, 5) is 58.1. The van der Waals surface area contributed by atoms with Crippen LogP contribution in [0.2, 0.25) is 0 Å². The quantitative estimate of drug-likeness (QED) is 0.195. The van der Waals surface area contributed by atoms with Gasteiger partial charge in [0.2, 0.25) is 17.7 Å². The van der Waals surface area contributed by atoms with E-state index in [1.54, 1.807) is 26.0 Å². The highest BCUT2D eigenvalue weighted by Crippen LogP contribution is 2.30. The third kappa shape index (κ3) is 10.7. The van der Waals surface area contributed by atoms with Gasteiger partial charge in [0.1, 0.15) is 6.04 Å². The van der Waals surface area contributed by atoms with E-state index in [1.807, 2.05) is 63.1 Å². The Labute approximate surface area is 295 Å². The number of nitrogens with one attached hydrogen (secondary N) is 2. The molecular weight excluding hydrogens is 624 g/mol. The summed E-state index contributed by atoms with van der Waals surface area (Å²) < 4.78 is 16.9. The molecule has 1 aromatic carbocycles. The number of amides is 3. The second-order valence-corrected chi connectivity index (χ2v) is 14.1. The van der Waals surface area contributed by atoms with Crippen LogP contribution in [0.4, 0.5) is 0 Å². The van der Waals surface area contributed by atoms with Gasteiger partial charge in [-0.3, -0.25) is 14.4 Å². The number of nitrogens with zero attached hydrogens (tertiary/aromatic N) is 2. The van der Waals surface area contributed by atoms with Gasteiger partial charge < -0.3 is 34.6 Å². The number of benzene rings is 1. The Balaban J connectivity index is 2.27. The summed E-state index contributed by atoms with van der Waals surface area (Å²) >= 11 is 0. The number of ether oxygens (including phenoxy) is 3. The number of methoxy groups -OCH3 is 3. The molecule has 0 aliphatic carbocycles. The van der Waals surface area contributed by atoms with Crippen LogP contribution in [-0.4, -0.2) is 111 Å². The number of hydrogen-bond acceptors (Lipinski definition) is 8. The molecule has 3 amide bonds. The Bertz CT molecular complexity index is 1200. The molecule has 2 rings (SSSR count). The Morgan fingerprint density at radius 2 is 1.67 bits per heavy atom. The smallest absolute Gasteiger partial charge is 0.328 e. The Hall–Kier alpha value is -3.02. The maximum Gasteiger partial charge on any atom is 0.328 e. The molecule has 0 saturated carbocycles. The van der Waals surface area contributed by atoms with Crippen molar-refractivity contribution in [2.75, 3.05) is 41.5 Å². The van der Waals surface area contributed by atoms with Crippen molar-refractivity contribution in [2.24, 2.45) is 17.8 Å². The van der Waals surface area contributed by atoms with E-state index in [9.17, 15) is 19.2 Å².